The van der Waals surface area contributed by atoms with E-state index < -0.39 is 11.6 Å². The van der Waals surface area contributed by atoms with Crippen molar-refractivity contribution in [1.29, 1.82) is 0 Å². The van der Waals surface area contributed by atoms with Crippen LogP contribution >= 0.6 is 11.3 Å². The van der Waals surface area contributed by atoms with Crippen molar-refractivity contribution in [2.45, 2.75) is 50.2 Å². The SMILES string of the molecule is O=C(C[N+]12CCC(CC1)[C@@H](OC(=O)C(O)(c1cccs1)C1CCCC1)C2)Nc1ncccn1.[Br-]. The van der Waals surface area contributed by atoms with Crippen LogP contribution in [0.15, 0.2) is 36.0 Å². The van der Waals surface area contributed by atoms with Gasteiger partial charge in [-0.2, -0.15) is 0 Å². The van der Waals surface area contributed by atoms with E-state index in [9.17, 15) is 14.7 Å². The lowest BCUT2D eigenvalue weighted by Gasteiger charge is -2.51. The summed E-state index contributed by atoms with van der Waals surface area (Å²) in [6.07, 6.45) is 8.44. The molecule has 3 aliphatic heterocycles. The molecule has 34 heavy (non-hydrogen) atoms. The zero-order valence-corrected chi connectivity index (χ0v) is 21.5. The fourth-order valence-corrected chi connectivity index (χ4v) is 6.83. The molecule has 0 radical (unpaired) electrons. The Morgan fingerprint density at radius 3 is 2.50 bits per heavy atom. The number of esters is 1. The van der Waals surface area contributed by atoms with Crippen LogP contribution in [-0.2, 0) is 19.9 Å². The molecule has 2 bridgehead atoms. The molecule has 2 N–H and O–H groups in total. The number of hydrogen-bond donors (Lipinski definition) is 2. The van der Waals surface area contributed by atoms with Crippen molar-refractivity contribution < 1.29 is 40.9 Å². The van der Waals surface area contributed by atoms with Gasteiger partial charge < -0.3 is 31.3 Å². The number of piperidine rings is 3. The molecule has 4 aliphatic rings. The Balaban J connectivity index is 0.00000274. The molecular formula is C24H31BrN4O4S. The Morgan fingerprint density at radius 2 is 1.85 bits per heavy atom. The molecule has 1 saturated carbocycles. The average Bonchev–Trinajstić information content (AvgIpc) is 3.54. The molecule has 1 unspecified atom stereocenters. The summed E-state index contributed by atoms with van der Waals surface area (Å²) in [6, 6.07) is 5.41. The van der Waals surface area contributed by atoms with Crippen LogP contribution in [0.2, 0.25) is 0 Å². The summed E-state index contributed by atoms with van der Waals surface area (Å²) in [5, 5.41) is 16.3. The molecule has 4 fully saturated rings. The zero-order valence-electron chi connectivity index (χ0n) is 19.1. The Kier molecular flexibility index (Phi) is 7.71. The molecule has 6 rings (SSSR count). The number of thiophene rings is 1. The first kappa shape index (κ1) is 25.2. The Hall–Kier alpha value is -1.88. The number of quaternary nitrogens is 1. The highest BCUT2D eigenvalue weighted by molar-refractivity contribution is 7.10. The second-order valence-electron chi connectivity index (χ2n) is 9.76. The summed E-state index contributed by atoms with van der Waals surface area (Å²) in [5.74, 6) is -0.174. The minimum absolute atomic E-state index is 0. The van der Waals surface area contributed by atoms with Gasteiger partial charge in [0.05, 0.1) is 13.1 Å². The third-order valence-corrected chi connectivity index (χ3v) is 8.74. The normalized spacial score (nSPS) is 28.0. The van der Waals surface area contributed by atoms with Crippen LogP contribution in [0, 0.1) is 11.8 Å². The van der Waals surface area contributed by atoms with E-state index in [4.69, 9.17) is 4.74 Å². The number of aliphatic hydroxyl groups is 1. The molecular weight excluding hydrogens is 520 g/mol. The monoisotopic (exact) mass is 550 g/mol. The summed E-state index contributed by atoms with van der Waals surface area (Å²) in [4.78, 5) is 35.0. The van der Waals surface area contributed by atoms with Gasteiger partial charge in [0.1, 0.15) is 6.54 Å². The van der Waals surface area contributed by atoms with Gasteiger partial charge in [0.25, 0.3) is 5.91 Å². The van der Waals surface area contributed by atoms with E-state index in [1.165, 1.54) is 11.3 Å². The number of ether oxygens (including phenoxy) is 1. The number of nitrogens with zero attached hydrogens (tertiary/aromatic N) is 3. The minimum atomic E-state index is -1.58. The fourth-order valence-electron chi connectivity index (χ4n) is 5.94. The minimum Gasteiger partial charge on any atom is -1.00 e. The Morgan fingerprint density at radius 1 is 1.15 bits per heavy atom. The van der Waals surface area contributed by atoms with Gasteiger partial charge in [0.15, 0.2) is 18.2 Å². The summed E-state index contributed by atoms with van der Waals surface area (Å²) in [7, 11) is 0. The second kappa shape index (κ2) is 10.4. The van der Waals surface area contributed by atoms with Crippen LogP contribution in [-0.4, -0.2) is 63.7 Å². The third kappa shape index (κ3) is 4.91. The summed E-state index contributed by atoms with van der Waals surface area (Å²) in [5.41, 5.74) is -1.58. The quantitative estimate of drug-likeness (QED) is 0.363. The first-order chi connectivity index (χ1) is 16.0. The van der Waals surface area contributed by atoms with E-state index in [2.05, 4.69) is 15.3 Å². The topological polar surface area (TPSA) is 101 Å². The number of hydrogen-bond acceptors (Lipinski definition) is 7. The van der Waals surface area contributed by atoms with Crippen LogP contribution in [0.4, 0.5) is 5.95 Å². The lowest BCUT2D eigenvalue weighted by molar-refractivity contribution is -0.939. The van der Waals surface area contributed by atoms with Crippen molar-refractivity contribution in [2.24, 2.45) is 11.8 Å². The first-order valence-electron chi connectivity index (χ1n) is 11.9. The zero-order chi connectivity index (χ0) is 22.9. The molecule has 8 nitrogen and oxygen atoms in total. The number of nitrogens with one attached hydrogen (secondary N) is 1. The number of carbonyl (C=O) groups excluding carboxylic acids is 2. The number of aromatic nitrogens is 2. The molecule has 2 atom stereocenters. The molecule has 0 spiro atoms. The number of carbonyl (C=O) groups is 2. The van der Waals surface area contributed by atoms with Gasteiger partial charge in [0, 0.05) is 41.9 Å². The van der Waals surface area contributed by atoms with Gasteiger partial charge in [-0.3, -0.25) is 10.1 Å². The lowest BCUT2D eigenvalue weighted by atomic mass is 9.82. The van der Waals surface area contributed by atoms with Crippen molar-refractivity contribution >= 4 is 29.2 Å². The number of halogens is 1. The maximum Gasteiger partial charge on any atom is 0.344 e. The number of rotatable bonds is 7. The van der Waals surface area contributed by atoms with Crippen molar-refractivity contribution in [3.8, 4) is 0 Å². The molecule has 3 saturated heterocycles. The second-order valence-corrected chi connectivity index (χ2v) is 10.7. The van der Waals surface area contributed by atoms with Gasteiger partial charge in [-0.25, -0.2) is 14.8 Å². The number of anilines is 1. The maximum absolute atomic E-state index is 13.5. The summed E-state index contributed by atoms with van der Waals surface area (Å²) >= 11 is 1.41. The van der Waals surface area contributed by atoms with Crippen molar-refractivity contribution in [3.63, 3.8) is 0 Å². The average molecular weight is 552 g/mol. The Bertz CT molecular complexity index is 978. The fraction of sp³-hybridized carbons (Fsp3) is 0.583. The van der Waals surface area contributed by atoms with Crippen LogP contribution in [0.3, 0.4) is 0 Å². The van der Waals surface area contributed by atoms with E-state index in [0.29, 0.717) is 28.4 Å². The van der Waals surface area contributed by atoms with E-state index in [1.807, 2.05) is 17.5 Å². The smallest absolute Gasteiger partial charge is 0.344 e. The predicted octanol–water partition coefficient (Wildman–Crippen LogP) is -0.289. The molecule has 10 heteroatoms. The van der Waals surface area contributed by atoms with E-state index in [-0.39, 0.29) is 40.8 Å². The van der Waals surface area contributed by atoms with Crippen LogP contribution in [0.1, 0.15) is 43.4 Å². The molecule has 1 aliphatic carbocycles. The summed E-state index contributed by atoms with van der Waals surface area (Å²) < 4.78 is 6.69. The molecule has 5 heterocycles. The molecule has 184 valence electrons. The number of amides is 1. The summed E-state index contributed by atoms with van der Waals surface area (Å²) in [6.45, 7) is 2.68. The first-order valence-corrected chi connectivity index (χ1v) is 12.8. The van der Waals surface area contributed by atoms with Crippen LogP contribution in [0.5, 0.6) is 0 Å². The highest BCUT2D eigenvalue weighted by Crippen LogP contribution is 2.44. The van der Waals surface area contributed by atoms with Gasteiger partial charge in [-0.1, -0.05) is 18.9 Å². The van der Waals surface area contributed by atoms with Gasteiger partial charge in [-0.15, -0.1) is 11.3 Å². The van der Waals surface area contributed by atoms with Crippen molar-refractivity contribution in [3.05, 3.63) is 40.8 Å². The van der Waals surface area contributed by atoms with E-state index >= 15 is 0 Å². The maximum atomic E-state index is 13.5. The predicted molar refractivity (Wildman–Crippen MR) is 123 cm³/mol. The standard InChI is InChI=1S/C24H30N4O4S.BrH/c29-21(27-23-25-10-4-11-26-23)16-28-12-8-17(9-13-28)19(15-28)32-22(30)24(31,18-5-1-2-6-18)20-7-3-14-33-20;/h3-4,7,10-11,14,17-19,31H,1-2,5-6,8-9,12-13,15-16H2;1H/t17?,19-,24?,28?;/m0./s1. The Labute approximate surface area is 214 Å². The highest BCUT2D eigenvalue weighted by Gasteiger charge is 2.53. The molecule has 1 amide bonds. The number of fused-ring (bicyclic) bond motifs is 3. The van der Waals surface area contributed by atoms with E-state index in [0.717, 1.165) is 51.6 Å². The van der Waals surface area contributed by atoms with Gasteiger partial charge in [0.2, 0.25) is 5.95 Å². The van der Waals surface area contributed by atoms with Crippen molar-refractivity contribution in [2.75, 3.05) is 31.5 Å². The van der Waals surface area contributed by atoms with Crippen molar-refractivity contribution in [1.82, 2.24) is 9.97 Å². The van der Waals surface area contributed by atoms with Gasteiger partial charge >= 0.3 is 5.97 Å². The highest BCUT2D eigenvalue weighted by atomic mass is 79.9. The molecule has 2 aromatic heterocycles. The van der Waals surface area contributed by atoms with Gasteiger partial charge in [-0.05, 0) is 30.4 Å². The largest absolute Gasteiger partial charge is 1.00 e. The van der Waals surface area contributed by atoms with Crippen LogP contribution < -0.4 is 22.3 Å². The molecule has 2 aromatic rings. The molecule has 0 aromatic carbocycles. The lowest BCUT2D eigenvalue weighted by Crippen LogP contribution is -3.00. The third-order valence-electron chi connectivity index (χ3n) is 7.75. The van der Waals surface area contributed by atoms with Crippen LogP contribution in [0.25, 0.3) is 0 Å². The van der Waals surface area contributed by atoms with E-state index in [1.54, 1.807) is 18.5 Å².